The van der Waals surface area contributed by atoms with Crippen molar-refractivity contribution in [2.45, 2.75) is 70.4 Å². The fourth-order valence-electron chi connectivity index (χ4n) is 4.43. The highest BCUT2D eigenvalue weighted by Gasteiger charge is 2.37. The standard InChI is InChI=1S/C20H27N3O2/c1-14-13-15(2)23-11-7-17(18(23)21-14)19(24)22-16-5-9-20(10-6-16)8-3-4-12-25-20/h7,11,13,16H,3-6,8-10,12H2,1-2H3,(H,22,24). The zero-order valence-electron chi connectivity index (χ0n) is 15.2. The molecule has 2 aliphatic rings. The van der Waals surface area contributed by atoms with Crippen molar-refractivity contribution in [3.8, 4) is 0 Å². The fourth-order valence-corrected chi connectivity index (χ4v) is 4.43. The second-order valence-corrected chi connectivity index (χ2v) is 7.70. The molecular formula is C20H27N3O2. The molecule has 1 saturated heterocycles. The zero-order chi connectivity index (χ0) is 17.4. The first-order chi connectivity index (χ1) is 12.1. The average Bonchev–Trinajstić information content (AvgIpc) is 3.02. The van der Waals surface area contributed by atoms with E-state index in [2.05, 4.69) is 10.3 Å². The summed E-state index contributed by atoms with van der Waals surface area (Å²) < 4.78 is 8.07. The molecule has 5 nitrogen and oxygen atoms in total. The largest absolute Gasteiger partial charge is 0.375 e. The normalized spacial score (nSPS) is 26.9. The third kappa shape index (κ3) is 3.17. The molecule has 2 aromatic rings. The van der Waals surface area contributed by atoms with Gasteiger partial charge in [-0.15, -0.1) is 0 Å². The first-order valence-electron chi connectivity index (χ1n) is 9.46. The molecule has 0 unspecified atom stereocenters. The van der Waals surface area contributed by atoms with Crippen molar-refractivity contribution in [1.82, 2.24) is 14.7 Å². The van der Waals surface area contributed by atoms with Crippen LogP contribution in [0.3, 0.4) is 0 Å². The van der Waals surface area contributed by atoms with Gasteiger partial charge in [-0.25, -0.2) is 4.98 Å². The van der Waals surface area contributed by atoms with Crippen LogP contribution in [-0.4, -0.2) is 33.5 Å². The fraction of sp³-hybridized carbons (Fsp3) is 0.600. The van der Waals surface area contributed by atoms with Crippen LogP contribution >= 0.6 is 0 Å². The predicted octanol–water partition coefficient (Wildman–Crippen LogP) is 3.56. The number of fused-ring (bicyclic) bond motifs is 1. The topological polar surface area (TPSA) is 55.6 Å². The van der Waals surface area contributed by atoms with E-state index in [4.69, 9.17) is 4.74 Å². The Morgan fingerprint density at radius 2 is 2.08 bits per heavy atom. The van der Waals surface area contributed by atoms with Gasteiger partial charge in [0.15, 0.2) is 0 Å². The lowest BCUT2D eigenvalue weighted by Crippen LogP contribution is -2.46. The maximum atomic E-state index is 12.8. The molecule has 1 aliphatic heterocycles. The Kier molecular flexibility index (Phi) is 4.28. The van der Waals surface area contributed by atoms with Gasteiger partial charge in [-0.05, 0) is 70.9 Å². The van der Waals surface area contributed by atoms with Gasteiger partial charge in [0, 0.05) is 30.2 Å². The Bertz CT molecular complexity index is 780. The van der Waals surface area contributed by atoms with Crippen LogP contribution in [-0.2, 0) is 4.74 Å². The van der Waals surface area contributed by atoms with E-state index in [1.165, 1.54) is 19.3 Å². The molecule has 1 saturated carbocycles. The molecule has 0 aromatic carbocycles. The van der Waals surface area contributed by atoms with Crippen LogP contribution in [0.2, 0.25) is 0 Å². The SMILES string of the molecule is Cc1cc(C)n2ccc(C(=O)NC3CCC4(CCCCO4)CC3)c2n1. The number of hydrogen-bond acceptors (Lipinski definition) is 3. The molecule has 25 heavy (non-hydrogen) atoms. The van der Waals surface area contributed by atoms with E-state index in [1.54, 1.807) is 0 Å². The minimum absolute atomic E-state index is 0.00878. The van der Waals surface area contributed by atoms with Gasteiger partial charge >= 0.3 is 0 Å². The third-order valence-electron chi connectivity index (χ3n) is 5.85. The number of ether oxygens (including phenoxy) is 1. The summed E-state index contributed by atoms with van der Waals surface area (Å²) in [5, 5.41) is 3.23. The molecule has 5 heteroatoms. The van der Waals surface area contributed by atoms with Gasteiger partial charge in [0.05, 0.1) is 11.2 Å². The second-order valence-electron chi connectivity index (χ2n) is 7.70. The number of aryl methyl sites for hydroxylation is 2. The highest BCUT2D eigenvalue weighted by molar-refractivity contribution is 6.00. The lowest BCUT2D eigenvalue weighted by molar-refractivity contribution is -0.103. The van der Waals surface area contributed by atoms with Crippen molar-refractivity contribution >= 4 is 11.6 Å². The molecule has 3 heterocycles. The van der Waals surface area contributed by atoms with Crippen LogP contribution in [0.25, 0.3) is 5.65 Å². The summed E-state index contributed by atoms with van der Waals surface area (Å²) in [5.74, 6) is -0.00878. The van der Waals surface area contributed by atoms with E-state index >= 15 is 0 Å². The Labute approximate surface area is 148 Å². The zero-order valence-corrected chi connectivity index (χ0v) is 15.2. The molecule has 1 spiro atoms. The average molecular weight is 341 g/mol. The van der Waals surface area contributed by atoms with Crippen LogP contribution in [0, 0.1) is 13.8 Å². The second kappa shape index (κ2) is 6.45. The van der Waals surface area contributed by atoms with Gasteiger partial charge < -0.3 is 14.5 Å². The van der Waals surface area contributed by atoms with E-state index in [0.29, 0.717) is 5.56 Å². The van der Waals surface area contributed by atoms with Crippen molar-refractivity contribution in [3.63, 3.8) is 0 Å². The number of nitrogens with zero attached hydrogens (tertiary/aromatic N) is 2. The number of nitrogens with one attached hydrogen (secondary N) is 1. The summed E-state index contributed by atoms with van der Waals surface area (Å²) in [5.41, 5.74) is 3.54. The van der Waals surface area contributed by atoms with E-state index in [0.717, 1.165) is 49.3 Å². The number of hydrogen-bond donors (Lipinski definition) is 1. The van der Waals surface area contributed by atoms with E-state index in [-0.39, 0.29) is 17.6 Å². The minimum atomic E-state index is -0.00878. The molecule has 134 valence electrons. The Hall–Kier alpha value is -1.88. The van der Waals surface area contributed by atoms with Crippen LogP contribution in [0.1, 0.15) is 66.7 Å². The maximum Gasteiger partial charge on any atom is 0.255 e. The molecule has 2 aromatic heterocycles. The number of rotatable bonds is 2. The van der Waals surface area contributed by atoms with Crippen LogP contribution in [0.15, 0.2) is 18.3 Å². The summed E-state index contributed by atoms with van der Waals surface area (Å²) >= 11 is 0. The van der Waals surface area contributed by atoms with E-state index in [9.17, 15) is 4.79 Å². The predicted molar refractivity (Wildman–Crippen MR) is 96.9 cm³/mol. The molecule has 0 radical (unpaired) electrons. The van der Waals surface area contributed by atoms with Crippen molar-refractivity contribution < 1.29 is 9.53 Å². The van der Waals surface area contributed by atoms with Crippen molar-refractivity contribution in [2.75, 3.05) is 6.61 Å². The van der Waals surface area contributed by atoms with Crippen molar-refractivity contribution in [1.29, 1.82) is 0 Å². The molecular weight excluding hydrogens is 314 g/mol. The lowest BCUT2D eigenvalue weighted by atomic mass is 9.78. The maximum absolute atomic E-state index is 12.8. The van der Waals surface area contributed by atoms with Gasteiger partial charge in [-0.3, -0.25) is 4.79 Å². The Morgan fingerprint density at radius 3 is 2.80 bits per heavy atom. The molecule has 0 atom stereocenters. The summed E-state index contributed by atoms with van der Waals surface area (Å²) in [7, 11) is 0. The summed E-state index contributed by atoms with van der Waals surface area (Å²) in [6.45, 7) is 4.90. The van der Waals surface area contributed by atoms with Crippen LogP contribution in [0.5, 0.6) is 0 Å². The minimum Gasteiger partial charge on any atom is -0.375 e. The molecule has 4 rings (SSSR count). The summed E-state index contributed by atoms with van der Waals surface area (Å²) in [6, 6.07) is 4.14. The molecule has 1 amide bonds. The number of amides is 1. The van der Waals surface area contributed by atoms with Gasteiger partial charge in [-0.1, -0.05) is 0 Å². The molecule has 0 bridgehead atoms. The number of aromatic nitrogens is 2. The van der Waals surface area contributed by atoms with E-state index < -0.39 is 0 Å². The van der Waals surface area contributed by atoms with Crippen LogP contribution < -0.4 is 5.32 Å². The van der Waals surface area contributed by atoms with E-state index in [1.807, 2.05) is 36.6 Å². The first kappa shape index (κ1) is 16.6. The quantitative estimate of drug-likeness (QED) is 0.908. The Morgan fingerprint density at radius 1 is 1.28 bits per heavy atom. The summed E-state index contributed by atoms with van der Waals surface area (Å²) in [4.78, 5) is 17.3. The van der Waals surface area contributed by atoms with Gasteiger partial charge in [0.25, 0.3) is 5.91 Å². The van der Waals surface area contributed by atoms with Crippen molar-refractivity contribution in [3.05, 3.63) is 35.3 Å². The lowest BCUT2D eigenvalue weighted by Gasteiger charge is -2.42. The number of carbonyl (C=O) groups excluding carboxylic acids is 1. The first-order valence-corrected chi connectivity index (χ1v) is 9.46. The van der Waals surface area contributed by atoms with Gasteiger partial charge in [-0.2, -0.15) is 0 Å². The monoisotopic (exact) mass is 341 g/mol. The third-order valence-corrected chi connectivity index (χ3v) is 5.85. The molecule has 1 aliphatic carbocycles. The van der Waals surface area contributed by atoms with Crippen molar-refractivity contribution in [2.24, 2.45) is 0 Å². The highest BCUT2D eigenvalue weighted by Crippen LogP contribution is 2.38. The molecule has 1 N–H and O–H groups in total. The van der Waals surface area contributed by atoms with Gasteiger partial charge in [0.2, 0.25) is 0 Å². The summed E-state index contributed by atoms with van der Waals surface area (Å²) in [6.07, 6.45) is 9.70. The Balaban J connectivity index is 1.45. The molecule has 2 fully saturated rings. The van der Waals surface area contributed by atoms with Crippen LogP contribution in [0.4, 0.5) is 0 Å². The van der Waals surface area contributed by atoms with Gasteiger partial charge in [0.1, 0.15) is 5.65 Å². The number of carbonyl (C=O) groups is 1. The smallest absolute Gasteiger partial charge is 0.255 e. The highest BCUT2D eigenvalue weighted by atomic mass is 16.5.